The van der Waals surface area contributed by atoms with Gasteiger partial charge in [0.25, 0.3) is 0 Å². The number of sulfonamides is 1. The molecule has 1 aromatic rings. The number of nitrogens with one attached hydrogen (secondary N) is 1. The van der Waals surface area contributed by atoms with E-state index in [9.17, 15) is 8.42 Å². The van der Waals surface area contributed by atoms with E-state index in [0.29, 0.717) is 30.0 Å². The molecule has 0 saturated heterocycles. The summed E-state index contributed by atoms with van der Waals surface area (Å²) in [6.07, 6.45) is 3.12. The molecule has 5 nitrogen and oxygen atoms in total. The largest absolute Gasteiger partial charge is 0.398 e. The highest BCUT2D eigenvalue weighted by molar-refractivity contribution is 9.10. The summed E-state index contributed by atoms with van der Waals surface area (Å²) in [4.78, 5) is 0.0476. The smallest absolute Gasteiger partial charge is 0.241 e. The molecule has 0 aromatic heterocycles. The van der Waals surface area contributed by atoms with E-state index in [1.165, 1.54) is 25.0 Å². The van der Waals surface area contributed by atoms with Crippen molar-refractivity contribution in [3.63, 3.8) is 0 Å². The van der Waals surface area contributed by atoms with Crippen molar-refractivity contribution >= 4 is 43.2 Å². The molecule has 118 valence electrons. The molecule has 1 aliphatic carbocycles. The van der Waals surface area contributed by atoms with Gasteiger partial charge in [-0.3, -0.25) is 0 Å². The number of nitrogens with two attached hydrogens (primary N) is 1. The van der Waals surface area contributed by atoms with Crippen LogP contribution in [0.3, 0.4) is 0 Å². The number of hydrogen-bond donors (Lipinski definition) is 2. The first-order valence-electron chi connectivity index (χ1n) is 6.72. The molecule has 0 atom stereocenters. The first kappa shape index (κ1) is 17.0. The van der Waals surface area contributed by atoms with Crippen molar-refractivity contribution in [2.75, 3.05) is 25.5 Å². The summed E-state index contributed by atoms with van der Waals surface area (Å²) in [7, 11) is -3.64. The van der Waals surface area contributed by atoms with Crippen LogP contribution in [0.5, 0.6) is 0 Å². The average Bonchev–Trinajstić information content (AvgIpc) is 3.22. The number of rotatable bonds is 8. The molecule has 0 radical (unpaired) electrons. The second-order valence-corrected chi connectivity index (χ2v) is 8.04. The van der Waals surface area contributed by atoms with Crippen molar-refractivity contribution < 1.29 is 13.2 Å². The monoisotopic (exact) mass is 396 g/mol. The van der Waals surface area contributed by atoms with Gasteiger partial charge in [-0.25, -0.2) is 13.1 Å². The van der Waals surface area contributed by atoms with Crippen LogP contribution in [0, 0.1) is 5.92 Å². The van der Waals surface area contributed by atoms with E-state index in [0.717, 1.165) is 6.61 Å². The first-order valence-corrected chi connectivity index (χ1v) is 9.37. The quantitative estimate of drug-likeness (QED) is 0.522. The summed E-state index contributed by atoms with van der Waals surface area (Å²) >= 11 is 9.03. The number of hydrogen-bond acceptors (Lipinski definition) is 4. The number of nitrogen functional groups attached to an aromatic ring is 1. The third-order valence-corrected chi connectivity index (χ3v) is 5.98. The molecular formula is C13H18BrClN2O3S. The van der Waals surface area contributed by atoms with Crippen LogP contribution in [-0.4, -0.2) is 28.2 Å². The van der Waals surface area contributed by atoms with Gasteiger partial charge >= 0.3 is 0 Å². The Bertz CT molecular complexity index is 606. The minimum atomic E-state index is -3.64. The molecule has 1 aromatic carbocycles. The second-order valence-electron chi connectivity index (χ2n) is 5.08. The van der Waals surface area contributed by atoms with Crippen LogP contribution in [0.15, 0.2) is 21.5 Å². The van der Waals surface area contributed by atoms with Gasteiger partial charge in [-0.1, -0.05) is 11.6 Å². The van der Waals surface area contributed by atoms with Crippen molar-refractivity contribution in [1.82, 2.24) is 4.72 Å². The first-order chi connectivity index (χ1) is 9.90. The summed E-state index contributed by atoms with van der Waals surface area (Å²) in [6, 6.07) is 2.87. The third-order valence-electron chi connectivity index (χ3n) is 3.13. The lowest BCUT2D eigenvalue weighted by molar-refractivity contribution is 0.123. The number of benzene rings is 1. The van der Waals surface area contributed by atoms with E-state index >= 15 is 0 Å². The molecule has 0 aliphatic heterocycles. The Morgan fingerprint density at radius 3 is 2.81 bits per heavy atom. The summed E-state index contributed by atoms with van der Waals surface area (Å²) in [5, 5.41) is 0.281. The summed E-state index contributed by atoms with van der Waals surface area (Å²) in [5.74, 6) is 0.715. The normalized spacial score (nSPS) is 15.3. The van der Waals surface area contributed by atoms with Crippen molar-refractivity contribution in [1.29, 1.82) is 0 Å². The molecule has 0 amide bonds. The Morgan fingerprint density at radius 1 is 1.43 bits per heavy atom. The van der Waals surface area contributed by atoms with Crippen LogP contribution >= 0.6 is 27.5 Å². The van der Waals surface area contributed by atoms with E-state index in [4.69, 9.17) is 22.1 Å². The third kappa shape index (κ3) is 5.10. The van der Waals surface area contributed by atoms with Gasteiger partial charge in [0.1, 0.15) is 0 Å². The zero-order valence-electron chi connectivity index (χ0n) is 11.4. The molecule has 0 spiro atoms. The highest BCUT2D eigenvalue weighted by Gasteiger charge is 2.21. The van der Waals surface area contributed by atoms with E-state index < -0.39 is 10.0 Å². The van der Waals surface area contributed by atoms with Gasteiger partial charge in [-0.05, 0) is 53.2 Å². The highest BCUT2D eigenvalue weighted by atomic mass is 79.9. The van der Waals surface area contributed by atoms with E-state index in [-0.39, 0.29) is 15.6 Å². The molecule has 1 saturated carbocycles. The van der Waals surface area contributed by atoms with Crippen LogP contribution in [0.2, 0.25) is 5.02 Å². The predicted octanol–water partition coefficient (Wildman–Crippen LogP) is 2.78. The fourth-order valence-corrected chi connectivity index (χ4v) is 4.14. The van der Waals surface area contributed by atoms with Gasteiger partial charge in [-0.15, -0.1) is 0 Å². The summed E-state index contributed by atoms with van der Waals surface area (Å²) in [6.45, 7) is 1.65. The van der Waals surface area contributed by atoms with Crippen LogP contribution < -0.4 is 10.5 Å². The van der Waals surface area contributed by atoms with Crippen molar-refractivity contribution in [3.05, 3.63) is 21.6 Å². The molecule has 21 heavy (non-hydrogen) atoms. The lowest BCUT2D eigenvalue weighted by Gasteiger charge is -2.10. The van der Waals surface area contributed by atoms with Crippen LogP contribution in [-0.2, 0) is 14.8 Å². The number of ether oxygens (including phenoxy) is 1. The molecule has 0 unspecified atom stereocenters. The zero-order valence-corrected chi connectivity index (χ0v) is 14.6. The van der Waals surface area contributed by atoms with Crippen molar-refractivity contribution in [2.24, 2.45) is 5.92 Å². The van der Waals surface area contributed by atoms with Gasteiger partial charge in [0, 0.05) is 30.5 Å². The van der Waals surface area contributed by atoms with Gasteiger partial charge < -0.3 is 10.5 Å². The fraction of sp³-hybridized carbons (Fsp3) is 0.538. The average molecular weight is 398 g/mol. The minimum absolute atomic E-state index is 0.0476. The Hall–Kier alpha value is -0.340. The maximum atomic E-state index is 12.2. The van der Waals surface area contributed by atoms with E-state index in [1.807, 2.05) is 0 Å². The molecule has 8 heteroatoms. The second kappa shape index (κ2) is 7.28. The van der Waals surface area contributed by atoms with Gasteiger partial charge in [-0.2, -0.15) is 0 Å². The molecule has 3 N–H and O–H groups in total. The molecule has 0 bridgehead atoms. The summed E-state index contributed by atoms with van der Waals surface area (Å²) in [5.41, 5.74) is 5.99. The molecule has 0 heterocycles. The van der Waals surface area contributed by atoms with E-state index in [1.54, 1.807) is 0 Å². The Labute approximate surface area is 138 Å². The van der Waals surface area contributed by atoms with Gasteiger partial charge in [0.2, 0.25) is 10.0 Å². The molecule has 1 fully saturated rings. The topological polar surface area (TPSA) is 81.4 Å². The maximum absolute atomic E-state index is 12.2. The predicted molar refractivity (Wildman–Crippen MR) is 86.9 cm³/mol. The van der Waals surface area contributed by atoms with Gasteiger partial charge in [0.15, 0.2) is 0 Å². The Kier molecular flexibility index (Phi) is 5.90. The van der Waals surface area contributed by atoms with Crippen LogP contribution in [0.1, 0.15) is 19.3 Å². The standard InChI is InChI=1S/C13H18BrClN2O3S/c14-13-11(16)6-10(15)7-12(13)21(18,19)17-4-1-5-20-8-9-2-3-9/h6-7,9,17H,1-5,8,16H2. The maximum Gasteiger partial charge on any atom is 0.241 e. The van der Waals surface area contributed by atoms with Crippen LogP contribution in [0.25, 0.3) is 0 Å². The fourth-order valence-electron chi connectivity index (χ4n) is 1.77. The van der Waals surface area contributed by atoms with Crippen LogP contribution in [0.4, 0.5) is 5.69 Å². The molecule has 1 aliphatic rings. The lowest BCUT2D eigenvalue weighted by atomic mass is 10.3. The Balaban J connectivity index is 1.86. The van der Waals surface area contributed by atoms with E-state index in [2.05, 4.69) is 20.7 Å². The minimum Gasteiger partial charge on any atom is -0.398 e. The van der Waals surface area contributed by atoms with Crippen molar-refractivity contribution in [3.8, 4) is 0 Å². The number of halogens is 2. The summed E-state index contributed by atoms with van der Waals surface area (Å²) < 4.78 is 32.7. The Morgan fingerprint density at radius 2 is 2.14 bits per heavy atom. The highest BCUT2D eigenvalue weighted by Crippen LogP contribution is 2.31. The molecular weight excluding hydrogens is 380 g/mol. The number of anilines is 1. The van der Waals surface area contributed by atoms with Gasteiger partial charge in [0.05, 0.1) is 9.37 Å². The SMILES string of the molecule is Nc1cc(Cl)cc(S(=O)(=O)NCCCOCC2CC2)c1Br. The van der Waals surface area contributed by atoms with Crippen molar-refractivity contribution in [2.45, 2.75) is 24.2 Å². The zero-order chi connectivity index (χ0) is 15.5. The molecule has 2 rings (SSSR count). The lowest BCUT2D eigenvalue weighted by Crippen LogP contribution is -2.26.